The molecule has 0 aromatic heterocycles. The highest BCUT2D eigenvalue weighted by Crippen LogP contribution is 2.36. The predicted molar refractivity (Wildman–Crippen MR) is 79.2 cm³/mol. The lowest BCUT2D eigenvalue weighted by Gasteiger charge is -2.28. The molecule has 2 aliphatic rings. The van der Waals surface area contributed by atoms with Gasteiger partial charge in [0.25, 0.3) is 0 Å². The molecule has 0 aromatic rings. The zero-order valence-corrected chi connectivity index (χ0v) is 12.2. The summed E-state index contributed by atoms with van der Waals surface area (Å²) in [6, 6.07) is 0. The standard InChI is InChI=1S/C12H17N.2C2H6/c1-12(8-9-13-10-12)11-6-4-2-3-5-7-11;2*1-2/h2-7,11,13H,8-10H2,1H3;2*1-2H3. The van der Waals surface area contributed by atoms with Gasteiger partial charge in [-0.1, -0.05) is 71.1 Å². The number of hydrogen-bond donors (Lipinski definition) is 1. The first-order valence-electron chi connectivity index (χ1n) is 7.04. The van der Waals surface area contributed by atoms with E-state index in [1.54, 1.807) is 0 Å². The van der Waals surface area contributed by atoms with E-state index in [1.165, 1.54) is 13.0 Å². The predicted octanol–water partition coefficient (Wildman–Crippen LogP) is 4.34. The van der Waals surface area contributed by atoms with Crippen LogP contribution in [0.1, 0.15) is 41.0 Å². The third-order valence-corrected chi connectivity index (χ3v) is 3.18. The Morgan fingerprint density at radius 1 is 0.941 bits per heavy atom. The van der Waals surface area contributed by atoms with Crippen molar-refractivity contribution in [2.75, 3.05) is 13.1 Å². The van der Waals surface area contributed by atoms with E-state index in [2.05, 4.69) is 48.7 Å². The third kappa shape index (κ3) is 4.91. The van der Waals surface area contributed by atoms with Gasteiger partial charge in [0.2, 0.25) is 0 Å². The molecule has 1 aliphatic heterocycles. The molecule has 1 nitrogen and oxygen atoms in total. The Kier molecular flexibility index (Phi) is 8.79. The minimum absolute atomic E-state index is 0.430. The van der Waals surface area contributed by atoms with Gasteiger partial charge in [-0.15, -0.1) is 0 Å². The first-order chi connectivity index (χ1) is 8.31. The minimum atomic E-state index is 0.430. The van der Waals surface area contributed by atoms with Crippen LogP contribution in [0.4, 0.5) is 0 Å². The Hall–Kier alpha value is -0.820. The van der Waals surface area contributed by atoms with E-state index < -0.39 is 0 Å². The van der Waals surface area contributed by atoms with Crippen molar-refractivity contribution < 1.29 is 0 Å². The maximum absolute atomic E-state index is 3.44. The monoisotopic (exact) mass is 235 g/mol. The first-order valence-corrected chi connectivity index (χ1v) is 7.04. The molecule has 1 atom stereocenters. The summed E-state index contributed by atoms with van der Waals surface area (Å²) in [4.78, 5) is 0. The van der Waals surface area contributed by atoms with Crippen molar-refractivity contribution in [1.82, 2.24) is 5.32 Å². The number of nitrogens with one attached hydrogen (secondary N) is 1. The van der Waals surface area contributed by atoms with Gasteiger partial charge in [-0.3, -0.25) is 0 Å². The van der Waals surface area contributed by atoms with Gasteiger partial charge in [-0.2, -0.15) is 0 Å². The SMILES string of the molecule is CC.CC.CC1(C2C=CC=CC=C2)CCNC1. The summed E-state index contributed by atoms with van der Waals surface area (Å²) >= 11 is 0. The molecular weight excluding hydrogens is 206 g/mol. The van der Waals surface area contributed by atoms with E-state index in [4.69, 9.17) is 0 Å². The minimum Gasteiger partial charge on any atom is -0.316 e. The molecule has 0 radical (unpaired) electrons. The largest absolute Gasteiger partial charge is 0.316 e. The molecule has 0 amide bonds. The van der Waals surface area contributed by atoms with Gasteiger partial charge in [0.05, 0.1) is 0 Å². The van der Waals surface area contributed by atoms with Crippen LogP contribution in [-0.2, 0) is 0 Å². The van der Waals surface area contributed by atoms with Crippen molar-refractivity contribution in [2.45, 2.75) is 41.0 Å². The molecule has 0 bridgehead atoms. The quantitative estimate of drug-likeness (QED) is 0.713. The van der Waals surface area contributed by atoms with Crippen molar-refractivity contribution in [2.24, 2.45) is 11.3 Å². The lowest BCUT2D eigenvalue weighted by Crippen LogP contribution is -2.27. The molecule has 1 N–H and O–H groups in total. The molecule has 1 unspecified atom stereocenters. The summed E-state index contributed by atoms with van der Waals surface area (Å²) in [7, 11) is 0. The molecule has 0 saturated carbocycles. The Balaban J connectivity index is 0.000000581. The van der Waals surface area contributed by atoms with Gasteiger partial charge in [0.1, 0.15) is 0 Å². The fraction of sp³-hybridized carbons (Fsp3) is 0.625. The summed E-state index contributed by atoms with van der Waals surface area (Å²) in [5, 5.41) is 3.44. The van der Waals surface area contributed by atoms with E-state index in [0.717, 1.165) is 6.54 Å². The zero-order chi connectivity index (χ0) is 13.1. The topological polar surface area (TPSA) is 12.0 Å². The van der Waals surface area contributed by atoms with E-state index >= 15 is 0 Å². The van der Waals surface area contributed by atoms with Crippen LogP contribution in [0.2, 0.25) is 0 Å². The number of hydrogen-bond acceptors (Lipinski definition) is 1. The molecule has 1 fully saturated rings. The average molecular weight is 235 g/mol. The highest BCUT2D eigenvalue weighted by atomic mass is 14.9. The Morgan fingerprint density at radius 2 is 1.47 bits per heavy atom. The van der Waals surface area contributed by atoms with Crippen molar-refractivity contribution in [3.05, 3.63) is 36.5 Å². The normalized spacial score (nSPS) is 26.6. The molecule has 2 rings (SSSR count). The van der Waals surface area contributed by atoms with Gasteiger partial charge >= 0.3 is 0 Å². The van der Waals surface area contributed by atoms with E-state index in [1.807, 2.05) is 27.7 Å². The lowest BCUT2D eigenvalue weighted by atomic mass is 9.76. The second-order valence-electron chi connectivity index (χ2n) is 4.26. The third-order valence-electron chi connectivity index (χ3n) is 3.18. The molecule has 98 valence electrons. The fourth-order valence-electron chi connectivity index (χ4n) is 2.15. The smallest absolute Gasteiger partial charge is 0.00192 e. The van der Waals surface area contributed by atoms with Crippen LogP contribution in [-0.4, -0.2) is 13.1 Å². The molecule has 1 aliphatic carbocycles. The molecule has 1 heterocycles. The van der Waals surface area contributed by atoms with Gasteiger partial charge in [-0.05, 0) is 18.4 Å². The van der Waals surface area contributed by atoms with Gasteiger partial charge < -0.3 is 5.32 Å². The van der Waals surface area contributed by atoms with Crippen LogP contribution in [0.5, 0.6) is 0 Å². The number of rotatable bonds is 1. The summed E-state index contributed by atoms with van der Waals surface area (Å²) in [6.45, 7) is 12.7. The summed E-state index contributed by atoms with van der Waals surface area (Å²) < 4.78 is 0. The van der Waals surface area contributed by atoms with Crippen molar-refractivity contribution in [3.63, 3.8) is 0 Å². The highest BCUT2D eigenvalue weighted by molar-refractivity contribution is 5.22. The first kappa shape index (κ1) is 16.2. The summed E-state index contributed by atoms with van der Waals surface area (Å²) in [5.41, 5.74) is 0.430. The van der Waals surface area contributed by atoms with Gasteiger partial charge in [0.15, 0.2) is 0 Å². The lowest BCUT2D eigenvalue weighted by molar-refractivity contribution is 0.303. The van der Waals surface area contributed by atoms with Gasteiger partial charge in [-0.25, -0.2) is 0 Å². The van der Waals surface area contributed by atoms with Gasteiger partial charge in [0, 0.05) is 12.5 Å². The van der Waals surface area contributed by atoms with Crippen molar-refractivity contribution >= 4 is 0 Å². The van der Waals surface area contributed by atoms with Crippen molar-refractivity contribution in [3.8, 4) is 0 Å². The van der Waals surface area contributed by atoms with Crippen LogP contribution in [0.15, 0.2) is 36.5 Å². The maximum atomic E-state index is 3.44. The van der Waals surface area contributed by atoms with E-state index in [9.17, 15) is 0 Å². The fourth-order valence-corrected chi connectivity index (χ4v) is 2.15. The molecule has 0 aromatic carbocycles. The van der Waals surface area contributed by atoms with Crippen molar-refractivity contribution in [1.29, 1.82) is 0 Å². The van der Waals surface area contributed by atoms with E-state index in [-0.39, 0.29) is 0 Å². The van der Waals surface area contributed by atoms with Crippen LogP contribution >= 0.6 is 0 Å². The Morgan fingerprint density at radius 3 is 1.88 bits per heavy atom. The number of allylic oxidation sites excluding steroid dienone is 6. The summed E-state index contributed by atoms with van der Waals surface area (Å²) in [6.07, 6.45) is 14.4. The average Bonchev–Trinajstić information content (AvgIpc) is 2.69. The maximum Gasteiger partial charge on any atom is 0.00192 e. The van der Waals surface area contributed by atoms with Crippen LogP contribution < -0.4 is 5.32 Å². The molecular formula is C16H29N. The molecule has 1 saturated heterocycles. The Bertz CT molecular complexity index is 239. The van der Waals surface area contributed by atoms with Crippen LogP contribution in [0.3, 0.4) is 0 Å². The molecule has 17 heavy (non-hydrogen) atoms. The molecule has 1 heteroatoms. The highest BCUT2D eigenvalue weighted by Gasteiger charge is 2.33. The second kappa shape index (κ2) is 9.23. The Labute approximate surface area is 108 Å². The molecule has 0 spiro atoms. The van der Waals surface area contributed by atoms with Crippen LogP contribution in [0.25, 0.3) is 0 Å². The summed E-state index contributed by atoms with van der Waals surface area (Å²) in [5.74, 6) is 0.595. The van der Waals surface area contributed by atoms with E-state index in [0.29, 0.717) is 11.3 Å². The zero-order valence-electron chi connectivity index (χ0n) is 12.2. The van der Waals surface area contributed by atoms with Crippen LogP contribution in [0, 0.1) is 11.3 Å². The second-order valence-corrected chi connectivity index (χ2v) is 4.26.